The molecule has 2 N–H and O–H groups in total. The number of aliphatic hydroxyl groups is 1. The van der Waals surface area contributed by atoms with E-state index in [1.54, 1.807) is 16.2 Å². The van der Waals surface area contributed by atoms with Crippen molar-refractivity contribution < 1.29 is 9.90 Å². The Morgan fingerprint density at radius 1 is 1.45 bits per heavy atom. The molecule has 0 aliphatic rings. The van der Waals surface area contributed by atoms with Crippen molar-refractivity contribution in [3.05, 3.63) is 21.4 Å². The fourth-order valence-electron chi connectivity index (χ4n) is 2.16. The minimum atomic E-state index is -0.0995. The van der Waals surface area contributed by atoms with Crippen LogP contribution in [-0.4, -0.2) is 35.7 Å². The van der Waals surface area contributed by atoms with E-state index in [9.17, 15) is 4.79 Å². The van der Waals surface area contributed by atoms with E-state index in [1.165, 1.54) is 15.3 Å². The second kappa shape index (κ2) is 8.27. The van der Waals surface area contributed by atoms with Crippen molar-refractivity contribution in [2.45, 2.75) is 46.6 Å². The molecule has 0 aliphatic carbocycles. The highest BCUT2D eigenvalue weighted by atomic mass is 32.1. The third kappa shape index (κ3) is 4.49. The number of nitrogens with one attached hydrogen (secondary N) is 1. The lowest BCUT2D eigenvalue weighted by Crippen LogP contribution is -2.42. The number of amides is 2. The minimum Gasteiger partial charge on any atom is -0.395 e. The summed E-state index contributed by atoms with van der Waals surface area (Å²) in [4.78, 5) is 16.4. The number of hydrogen-bond acceptors (Lipinski definition) is 3. The van der Waals surface area contributed by atoms with E-state index in [0.29, 0.717) is 13.1 Å². The summed E-state index contributed by atoms with van der Waals surface area (Å²) in [5.41, 5.74) is 1.30. The molecule has 5 heteroatoms. The monoisotopic (exact) mass is 298 g/mol. The van der Waals surface area contributed by atoms with Crippen LogP contribution in [0.25, 0.3) is 0 Å². The van der Waals surface area contributed by atoms with Crippen molar-refractivity contribution in [3.8, 4) is 0 Å². The van der Waals surface area contributed by atoms with Crippen LogP contribution >= 0.6 is 11.3 Å². The molecule has 1 unspecified atom stereocenters. The van der Waals surface area contributed by atoms with Crippen molar-refractivity contribution >= 4 is 17.4 Å². The van der Waals surface area contributed by atoms with Crippen LogP contribution in [-0.2, 0) is 6.42 Å². The number of aliphatic hydroxyl groups excluding tert-OH is 1. The summed E-state index contributed by atoms with van der Waals surface area (Å²) in [6.45, 7) is 9.35. The molecule has 0 saturated carbocycles. The summed E-state index contributed by atoms with van der Waals surface area (Å²) < 4.78 is 0. The number of nitrogens with zero attached hydrogens (tertiary/aromatic N) is 1. The predicted molar refractivity (Wildman–Crippen MR) is 84.3 cm³/mol. The van der Waals surface area contributed by atoms with Crippen LogP contribution in [0.15, 0.2) is 6.07 Å². The molecule has 1 aromatic rings. The lowest BCUT2D eigenvalue weighted by Gasteiger charge is -2.23. The van der Waals surface area contributed by atoms with Gasteiger partial charge in [0.05, 0.1) is 12.6 Å². The molecule has 0 fully saturated rings. The lowest BCUT2D eigenvalue weighted by atomic mass is 10.2. The third-order valence-electron chi connectivity index (χ3n) is 3.28. The quantitative estimate of drug-likeness (QED) is 0.812. The van der Waals surface area contributed by atoms with Gasteiger partial charge in [-0.1, -0.05) is 13.8 Å². The molecule has 1 atom stereocenters. The molecule has 1 rings (SSSR count). The standard InChI is InChI=1S/C15H26N2O2S/c1-5-7-17(8-9-18)15(19)16-12(4)14-10-11(3)13(6-2)20-14/h10,12,18H,5-9H2,1-4H3,(H,16,19). The van der Waals surface area contributed by atoms with Gasteiger partial charge in [0.2, 0.25) is 0 Å². The molecule has 0 aliphatic heterocycles. The zero-order valence-electron chi connectivity index (χ0n) is 12.9. The molecular formula is C15H26N2O2S. The highest BCUT2D eigenvalue weighted by molar-refractivity contribution is 7.12. The van der Waals surface area contributed by atoms with Crippen LogP contribution < -0.4 is 5.32 Å². The maximum atomic E-state index is 12.2. The molecule has 0 saturated heterocycles. The summed E-state index contributed by atoms with van der Waals surface area (Å²) in [5, 5.41) is 12.0. The Morgan fingerprint density at radius 2 is 2.15 bits per heavy atom. The average molecular weight is 298 g/mol. The van der Waals surface area contributed by atoms with Gasteiger partial charge in [-0.15, -0.1) is 11.3 Å². The van der Waals surface area contributed by atoms with Crippen molar-refractivity contribution in [1.82, 2.24) is 10.2 Å². The fraction of sp³-hybridized carbons (Fsp3) is 0.667. The topological polar surface area (TPSA) is 52.6 Å². The van der Waals surface area contributed by atoms with E-state index >= 15 is 0 Å². The Labute approximate surface area is 125 Å². The molecule has 1 heterocycles. The van der Waals surface area contributed by atoms with Gasteiger partial charge < -0.3 is 15.3 Å². The number of aryl methyl sites for hydroxylation is 2. The van der Waals surface area contributed by atoms with Crippen LogP contribution in [0.1, 0.15) is 48.6 Å². The largest absolute Gasteiger partial charge is 0.395 e. The Balaban J connectivity index is 2.67. The number of thiophene rings is 1. The van der Waals surface area contributed by atoms with E-state index in [1.807, 2.05) is 13.8 Å². The van der Waals surface area contributed by atoms with Crippen molar-refractivity contribution in [2.75, 3.05) is 19.7 Å². The first-order valence-corrected chi connectivity index (χ1v) is 8.10. The molecule has 114 valence electrons. The Morgan fingerprint density at radius 3 is 2.65 bits per heavy atom. The van der Waals surface area contributed by atoms with Gasteiger partial charge in [-0.3, -0.25) is 0 Å². The van der Waals surface area contributed by atoms with Gasteiger partial charge in [-0.25, -0.2) is 4.79 Å². The van der Waals surface area contributed by atoms with Crippen LogP contribution in [0.5, 0.6) is 0 Å². The van der Waals surface area contributed by atoms with Gasteiger partial charge in [0.15, 0.2) is 0 Å². The maximum Gasteiger partial charge on any atom is 0.317 e. The van der Waals surface area contributed by atoms with Crippen LogP contribution in [0.3, 0.4) is 0 Å². The molecule has 0 bridgehead atoms. The summed E-state index contributed by atoms with van der Waals surface area (Å²) in [7, 11) is 0. The van der Waals surface area contributed by atoms with Crippen molar-refractivity contribution in [1.29, 1.82) is 0 Å². The molecule has 20 heavy (non-hydrogen) atoms. The van der Waals surface area contributed by atoms with E-state index in [0.717, 1.165) is 12.8 Å². The van der Waals surface area contributed by atoms with E-state index in [2.05, 4.69) is 25.2 Å². The van der Waals surface area contributed by atoms with E-state index in [4.69, 9.17) is 5.11 Å². The number of urea groups is 1. The molecule has 1 aromatic heterocycles. The first kappa shape index (κ1) is 17.0. The summed E-state index contributed by atoms with van der Waals surface area (Å²) >= 11 is 1.77. The lowest BCUT2D eigenvalue weighted by molar-refractivity contribution is 0.175. The average Bonchev–Trinajstić information content (AvgIpc) is 2.79. The Kier molecular flexibility index (Phi) is 7.02. The Bertz CT molecular complexity index is 426. The smallest absolute Gasteiger partial charge is 0.317 e. The van der Waals surface area contributed by atoms with Crippen LogP contribution in [0, 0.1) is 6.92 Å². The summed E-state index contributed by atoms with van der Waals surface area (Å²) in [6, 6.07) is 2.06. The number of carbonyl (C=O) groups is 1. The zero-order valence-corrected chi connectivity index (χ0v) is 13.7. The molecule has 0 aromatic carbocycles. The summed E-state index contributed by atoms with van der Waals surface area (Å²) in [6.07, 6.45) is 1.92. The van der Waals surface area contributed by atoms with Gasteiger partial charge in [0.25, 0.3) is 0 Å². The highest BCUT2D eigenvalue weighted by Crippen LogP contribution is 2.27. The minimum absolute atomic E-state index is 0.000105. The van der Waals surface area contributed by atoms with Gasteiger partial charge in [-0.05, 0) is 38.3 Å². The third-order valence-corrected chi connectivity index (χ3v) is 4.84. The molecule has 2 amide bonds. The number of carbonyl (C=O) groups excluding carboxylic acids is 1. The van der Waals surface area contributed by atoms with Gasteiger partial charge in [0, 0.05) is 22.8 Å². The maximum absolute atomic E-state index is 12.2. The van der Waals surface area contributed by atoms with Gasteiger partial charge >= 0.3 is 6.03 Å². The second-order valence-corrected chi connectivity index (χ2v) is 6.16. The molecule has 4 nitrogen and oxygen atoms in total. The SMILES string of the molecule is CCCN(CCO)C(=O)NC(C)c1cc(C)c(CC)s1. The van der Waals surface area contributed by atoms with E-state index in [-0.39, 0.29) is 18.7 Å². The van der Waals surface area contributed by atoms with Crippen molar-refractivity contribution in [3.63, 3.8) is 0 Å². The first-order valence-electron chi connectivity index (χ1n) is 7.28. The van der Waals surface area contributed by atoms with Crippen molar-refractivity contribution in [2.24, 2.45) is 0 Å². The fourth-order valence-corrected chi connectivity index (χ4v) is 3.28. The summed E-state index contributed by atoms with van der Waals surface area (Å²) in [5.74, 6) is 0. The highest BCUT2D eigenvalue weighted by Gasteiger charge is 2.17. The van der Waals surface area contributed by atoms with Gasteiger partial charge in [-0.2, -0.15) is 0 Å². The number of hydrogen-bond donors (Lipinski definition) is 2. The Hall–Kier alpha value is -1.07. The van der Waals surface area contributed by atoms with Crippen LogP contribution in [0.2, 0.25) is 0 Å². The number of rotatable bonds is 7. The molecule has 0 radical (unpaired) electrons. The van der Waals surface area contributed by atoms with Crippen LogP contribution in [0.4, 0.5) is 4.79 Å². The zero-order chi connectivity index (χ0) is 15.1. The first-order chi connectivity index (χ1) is 9.53. The second-order valence-electron chi connectivity index (χ2n) is 4.99. The normalized spacial score (nSPS) is 12.2. The molecular weight excluding hydrogens is 272 g/mol. The van der Waals surface area contributed by atoms with E-state index < -0.39 is 0 Å². The molecule has 0 spiro atoms. The van der Waals surface area contributed by atoms with Gasteiger partial charge in [0.1, 0.15) is 0 Å². The predicted octanol–water partition coefficient (Wildman–Crippen LogP) is 3.09.